The molecule has 0 bridgehead atoms. The summed E-state index contributed by atoms with van der Waals surface area (Å²) in [5.74, 6) is 1.13. The summed E-state index contributed by atoms with van der Waals surface area (Å²) in [5, 5.41) is 5.50. The van der Waals surface area contributed by atoms with Gasteiger partial charge in [-0.25, -0.2) is 0 Å². The third kappa shape index (κ3) is 7.01. The molecular weight excluding hydrogens is 344 g/mol. The van der Waals surface area contributed by atoms with Crippen LogP contribution in [0.2, 0.25) is 0 Å². The van der Waals surface area contributed by atoms with E-state index in [9.17, 15) is 9.59 Å². The van der Waals surface area contributed by atoms with Crippen LogP contribution in [-0.4, -0.2) is 38.6 Å². The van der Waals surface area contributed by atoms with Crippen LogP contribution in [0, 0.1) is 13.8 Å². The maximum absolute atomic E-state index is 11.9. The fraction of sp³-hybridized carbons (Fsp3) is 0.333. The van der Waals surface area contributed by atoms with E-state index in [1.54, 1.807) is 7.11 Å². The molecule has 0 atom stereocenters. The average Bonchev–Trinajstić information content (AvgIpc) is 2.65. The Morgan fingerprint density at radius 2 is 1.59 bits per heavy atom. The van der Waals surface area contributed by atoms with Crippen molar-refractivity contribution in [3.05, 3.63) is 59.2 Å². The second-order valence-corrected chi connectivity index (χ2v) is 6.28. The third-order valence-corrected chi connectivity index (χ3v) is 3.98. The lowest BCUT2D eigenvalue weighted by molar-refractivity contribution is -0.124. The van der Waals surface area contributed by atoms with Gasteiger partial charge in [0.25, 0.3) is 5.91 Å². The van der Waals surface area contributed by atoms with Crippen LogP contribution in [0.4, 0.5) is 0 Å². The van der Waals surface area contributed by atoms with E-state index >= 15 is 0 Å². The maximum Gasteiger partial charge on any atom is 0.258 e. The fourth-order valence-corrected chi connectivity index (χ4v) is 2.55. The summed E-state index contributed by atoms with van der Waals surface area (Å²) in [6, 6.07) is 13.1. The van der Waals surface area contributed by atoms with E-state index in [0.29, 0.717) is 18.8 Å². The Morgan fingerprint density at radius 1 is 0.926 bits per heavy atom. The average molecular weight is 370 g/mol. The third-order valence-electron chi connectivity index (χ3n) is 3.98. The standard InChI is InChI=1S/C21H26N2O4/c1-15-4-9-19(16(2)12-15)27-14-21(25)23-11-10-22-20(24)13-17-5-7-18(26-3)8-6-17/h4-9,12H,10-11,13-14H2,1-3H3,(H,22,24)(H,23,25). The van der Waals surface area contributed by atoms with Gasteiger partial charge < -0.3 is 20.1 Å². The van der Waals surface area contributed by atoms with Crippen molar-refractivity contribution in [1.29, 1.82) is 0 Å². The number of nitrogens with one attached hydrogen (secondary N) is 2. The molecule has 2 rings (SSSR count). The SMILES string of the molecule is COc1ccc(CC(=O)NCCNC(=O)COc2ccc(C)cc2C)cc1. The maximum atomic E-state index is 11.9. The number of carbonyl (C=O) groups is 2. The number of rotatable bonds is 9. The van der Waals surface area contributed by atoms with Crippen molar-refractivity contribution in [3.8, 4) is 11.5 Å². The van der Waals surface area contributed by atoms with Crippen LogP contribution in [0.15, 0.2) is 42.5 Å². The van der Waals surface area contributed by atoms with Crippen LogP contribution < -0.4 is 20.1 Å². The van der Waals surface area contributed by atoms with Gasteiger partial charge in [0.1, 0.15) is 11.5 Å². The number of carbonyl (C=O) groups excluding carboxylic acids is 2. The summed E-state index contributed by atoms with van der Waals surface area (Å²) in [7, 11) is 1.60. The highest BCUT2D eigenvalue weighted by atomic mass is 16.5. The Balaban J connectivity index is 1.62. The second kappa shape index (κ2) is 10.2. The predicted molar refractivity (Wildman–Crippen MR) is 104 cm³/mol. The van der Waals surface area contributed by atoms with E-state index in [1.807, 2.05) is 56.3 Å². The number of benzene rings is 2. The fourth-order valence-electron chi connectivity index (χ4n) is 2.55. The summed E-state index contributed by atoms with van der Waals surface area (Å²) in [4.78, 5) is 23.7. The van der Waals surface area contributed by atoms with Crippen LogP contribution in [-0.2, 0) is 16.0 Å². The number of hydrogen-bond acceptors (Lipinski definition) is 4. The minimum atomic E-state index is -0.223. The molecule has 27 heavy (non-hydrogen) atoms. The molecule has 0 aliphatic rings. The minimum absolute atomic E-state index is 0.0519. The van der Waals surface area contributed by atoms with Crippen LogP contribution in [0.1, 0.15) is 16.7 Å². The van der Waals surface area contributed by atoms with Gasteiger partial charge in [0.2, 0.25) is 5.91 Å². The molecule has 0 spiro atoms. The van der Waals surface area contributed by atoms with Crippen LogP contribution >= 0.6 is 0 Å². The van der Waals surface area contributed by atoms with Gasteiger partial charge in [0.15, 0.2) is 6.61 Å². The molecule has 0 heterocycles. The summed E-state index contributed by atoms with van der Waals surface area (Å²) in [6.07, 6.45) is 0.285. The van der Waals surface area contributed by atoms with E-state index in [4.69, 9.17) is 9.47 Å². The molecule has 144 valence electrons. The van der Waals surface area contributed by atoms with E-state index in [-0.39, 0.29) is 24.8 Å². The van der Waals surface area contributed by atoms with Crippen molar-refractivity contribution in [1.82, 2.24) is 10.6 Å². The summed E-state index contributed by atoms with van der Waals surface area (Å²) < 4.78 is 10.6. The Kier molecular flexibility index (Phi) is 7.67. The van der Waals surface area contributed by atoms with Crippen molar-refractivity contribution in [2.24, 2.45) is 0 Å². The zero-order valence-corrected chi connectivity index (χ0v) is 16.0. The molecular formula is C21H26N2O4. The zero-order valence-electron chi connectivity index (χ0n) is 16.0. The molecule has 2 aromatic carbocycles. The molecule has 0 saturated carbocycles. The Morgan fingerprint density at radius 3 is 2.22 bits per heavy atom. The lowest BCUT2D eigenvalue weighted by Gasteiger charge is -2.10. The highest BCUT2D eigenvalue weighted by Crippen LogP contribution is 2.18. The highest BCUT2D eigenvalue weighted by molar-refractivity contribution is 5.79. The van der Waals surface area contributed by atoms with Gasteiger partial charge in [0.05, 0.1) is 13.5 Å². The Bertz CT molecular complexity index is 772. The number of methoxy groups -OCH3 is 1. The van der Waals surface area contributed by atoms with Crippen molar-refractivity contribution in [2.45, 2.75) is 20.3 Å². The predicted octanol–water partition coefficient (Wildman–Crippen LogP) is 2.17. The van der Waals surface area contributed by atoms with E-state index in [0.717, 1.165) is 22.4 Å². The van der Waals surface area contributed by atoms with Crippen molar-refractivity contribution in [3.63, 3.8) is 0 Å². The van der Waals surface area contributed by atoms with Gasteiger partial charge in [0, 0.05) is 13.1 Å². The summed E-state index contributed by atoms with van der Waals surface area (Å²) >= 11 is 0. The lowest BCUT2D eigenvalue weighted by Crippen LogP contribution is -2.37. The van der Waals surface area contributed by atoms with Crippen molar-refractivity contribution < 1.29 is 19.1 Å². The van der Waals surface area contributed by atoms with Gasteiger partial charge in [-0.1, -0.05) is 29.8 Å². The topological polar surface area (TPSA) is 76.7 Å². The molecule has 2 amide bonds. The number of hydrogen-bond donors (Lipinski definition) is 2. The number of amides is 2. The van der Waals surface area contributed by atoms with Gasteiger partial charge in [-0.3, -0.25) is 9.59 Å². The zero-order chi connectivity index (χ0) is 19.6. The van der Waals surface area contributed by atoms with Crippen LogP contribution in [0.5, 0.6) is 11.5 Å². The van der Waals surface area contributed by atoms with Gasteiger partial charge >= 0.3 is 0 Å². The Labute approximate surface area is 159 Å². The lowest BCUT2D eigenvalue weighted by atomic mass is 10.1. The molecule has 0 unspecified atom stereocenters. The summed E-state index contributed by atoms with van der Waals surface area (Å²) in [6.45, 7) is 4.61. The van der Waals surface area contributed by atoms with Gasteiger partial charge in [-0.2, -0.15) is 0 Å². The first-order valence-corrected chi connectivity index (χ1v) is 8.84. The second-order valence-electron chi connectivity index (χ2n) is 6.28. The molecule has 2 N–H and O–H groups in total. The smallest absolute Gasteiger partial charge is 0.258 e. The quantitative estimate of drug-likeness (QED) is 0.663. The molecule has 6 nitrogen and oxygen atoms in total. The number of aryl methyl sites for hydroxylation is 2. The first-order chi connectivity index (χ1) is 13.0. The molecule has 0 saturated heterocycles. The van der Waals surface area contributed by atoms with Gasteiger partial charge in [-0.15, -0.1) is 0 Å². The van der Waals surface area contributed by atoms with Crippen LogP contribution in [0.3, 0.4) is 0 Å². The molecule has 6 heteroatoms. The molecule has 0 aromatic heterocycles. The van der Waals surface area contributed by atoms with Crippen molar-refractivity contribution >= 4 is 11.8 Å². The van der Waals surface area contributed by atoms with E-state index in [1.165, 1.54) is 0 Å². The monoisotopic (exact) mass is 370 g/mol. The summed E-state index contributed by atoms with van der Waals surface area (Å²) in [5.41, 5.74) is 3.04. The molecule has 0 radical (unpaired) electrons. The minimum Gasteiger partial charge on any atom is -0.497 e. The van der Waals surface area contributed by atoms with E-state index in [2.05, 4.69) is 10.6 Å². The van der Waals surface area contributed by atoms with E-state index < -0.39 is 0 Å². The molecule has 2 aromatic rings. The number of ether oxygens (including phenoxy) is 2. The normalized spacial score (nSPS) is 10.2. The molecule has 0 aliphatic carbocycles. The van der Waals surface area contributed by atoms with Gasteiger partial charge in [-0.05, 0) is 43.2 Å². The first-order valence-electron chi connectivity index (χ1n) is 8.84. The molecule has 0 fully saturated rings. The first kappa shape index (κ1) is 20.3. The largest absolute Gasteiger partial charge is 0.497 e. The highest BCUT2D eigenvalue weighted by Gasteiger charge is 2.06. The molecule has 0 aliphatic heterocycles. The Hall–Kier alpha value is -3.02. The van der Waals surface area contributed by atoms with Crippen LogP contribution in [0.25, 0.3) is 0 Å². The van der Waals surface area contributed by atoms with Crippen molar-refractivity contribution in [2.75, 3.05) is 26.8 Å².